The number of amides is 2. The van der Waals surface area contributed by atoms with Crippen LogP contribution in [0.2, 0.25) is 0 Å². The van der Waals surface area contributed by atoms with Crippen LogP contribution in [0.4, 0.5) is 10.7 Å². The first-order chi connectivity index (χ1) is 15.6. The van der Waals surface area contributed by atoms with Gasteiger partial charge in [0.2, 0.25) is 5.95 Å². The van der Waals surface area contributed by atoms with E-state index < -0.39 is 0 Å². The highest BCUT2D eigenvalue weighted by Crippen LogP contribution is 2.28. The van der Waals surface area contributed by atoms with E-state index >= 15 is 0 Å². The molecule has 0 bridgehead atoms. The summed E-state index contributed by atoms with van der Waals surface area (Å²) in [6.07, 6.45) is 9.26. The van der Waals surface area contributed by atoms with Gasteiger partial charge in [0.1, 0.15) is 0 Å². The fraction of sp³-hybridized carbons (Fsp3) is 0.333. The molecule has 0 spiro atoms. The van der Waals surface area contributed by atoms with Gasteiger partial charge in [-0.2, -0.15) is 0 Å². The first-order valence-electron chi connectivity index (χ1n) is 10.9. The number of aryl methyl sites for hydroxylation is 1. The van der Waals surface area contributed by atoms with Gasteiger partial charge in [-0.05, 0) is 90.4 Å². The fourth-order valence-corrected chi connectivity index (χ4v) is 5.78. The van der Waals surface area contributed by atoms with Crippen LogP contribution in [0.3, 0.4) is 0 Å². The SMILES string of the molecule is O=C1NC(=O)/C(=C/c2ccnc(N3CCC(CCCc4ccc5sccc5c4)CC3)n2)S1. The van der Waals surface area contributed by atoms with Crippen molar-refractivity contribution >= 4 is 56.4 Å². The van der Waals surface area contributed by atoms with E-state index in [4.69, 9.17) is 0 Å². The van der Waals surface area contributed by atoms with Crippen molar-refractivity contribution in [3.63, 3.8) is 0 Å². The lowest BCUT2D eigenvalue weighted by molar-refractivity contribution is -0.115. The number of thiophene rings is 1. The summed E-state index contributed by atoms with van der Waals surface area (Å²) in [6, 6.07) is 10.8. The van der Waals surface area contributed by atoms with E-state index in [-0.39, 0.29) is 11.1 Å². The van der Waals surface area contributed by atoms with Crippen LogP contribution in [0.1, 0.15) is 36.9 Å². The van der Waals surface area contributed by atoms with Gasteiger partial charge in [-0.3, -0.25) is 14.9 Å². The third-order valence-electron chi connectivity index (χ3n) is 6.08. The molecule has 164 valence electrons. The van der Waals surface area contributed by atoms with E-state index in [1.54, 1.807) is 29.7 Å². The van der Waals surface area contributed by atoms with Gasteiger partial charge in [0.05, 0.1) is 10.6 Å². The summed E-state index contributed by atoms with van der Waals surface area (Å²) in [7, 11) is 0. The number of nitrogens with one attached hydrogen (secondary N) is 1. The Balaban J connectivity index is 1.12. The topological polar surface area (TPSA) is 75.2 Å². The van der Waals surface area contributed by atoms with Crippen molar-refractivity contribution in [2.24, 2.45) is 5.92 Å². The molecule has 3 aromatic rings. The van der Waals surface area contributed by atoms with Crippen molar-refractivity contribution in [2.75, 3.05) is 18.0 Å². The van der Waals surface area contributed by atoms with E-state index in [9.17, 15) is 9.59 Å². The zero-order valence-electron chi connectivity index (χ0n) is 17.6. The van der Waals surface area contributed by atoms with Gasteiger partial charge in [0, 0.05) is 24.0 Å². The van der Waals surface area contributed by atoms with E-state index in [2.05, 4.69) is 49.8 Å². The Morgan fingerprint density at radius 2 is 2.03 bits per heavy atom. The Kier molecular flexibility index (Phi) is 6.23. The summed E-state index contributed by atoms with van der Waals surface area (Å²) >= 11 is 2.70. The summed E-state index contributed by atoms with van der Waals surface area (Å²) < 4.78 is 1.36. The van der Waals surface area contributed by atoms with Gasteiger partial charge in [-0.25, -0.2) is 9.97 Å². The summed E-state index contributed by atoms with van der Waals surface area (Å²) in [6.45, 7) is 1.89. The fourth-order valence-electron chi connectivity index (χ4n) is 4.34. The Morgan fingerprint density at radius 3 is 2.84 bits per heavy atom. The molecule has 0 atom stereocenters. The second-order valence-corrected chi connectivity index (χ2v) is 10.2. The summed E-state index contributed by atoms with van der Waals surface area (Å²) in [5.41, 5.74) is 2.08. The summed E-state index contributed by atoms with van der Waals surface area (Å²) in [5.74, 6) is 1.07. The number of benzene rings is 1. The van der Waals surface area contributed by atoms with Crippen LogP contribution in [0, 0.1) is 5.92 Å². The number of hydrogen-bond acceptors (Lipinski definition) is 7. The normalized spacial score (nSPS) is 18.6. The van der Waals surface area contributed by atoms with Gasteiger partial charge in [0.25, 0.3) is 11.1 Å². The van der Waals surface area contributed by atoms with Crippen LogP contribution < -0.4 is 10.2 Å². The molecule has 2 aromatic heterocycles. The number of carbonyl (C=O) groups is 2. The zero-order valence-corrected chi connectivity index (χ0v) is 19.3. The molecule has 4 heterocycles. The van der Waals surface area contributed by atoms with Crippen molar-refractivity contribution in [1.29, 1.82) is 0 Å². The van der Waals surface area contributed by atoms with Crippen molar-refractivity contribution in [1.82, 2.24) is 15.3 Å². The molecule has 2 fully saturated rings. The minimum absolute atomic E-state index is 0.343. The molecule has 0 aliphatic carbocycles. The van der Waals surface area contributed by atoms with Crippen LogP contribution in [-0.4, -0.2) is 34.2 Å². The van der Waals surface area contributed by atoms with Crippen LogP contribution in [0.15, 0.2) is 46.8 Å². The van der Waals surface area contributed by atoms with Gasteiger partial charge >= 0.3 is 0 Å². The number of carbonyl (C=O) groups excluding carboxylic acids is 2. The standard InChI is InChI=1S/C24H24N4O2S2/c29-22-21(32-24(30)27-22)15-19-6-10-25-23(26-19)28-11-7-16(8-12-28)2-1-3-17-4-5-20-18(14-17)9-13-31-20/h4-6,9-10,13-16H,1-3,7-8,11-12H2,(H,27,29,30)/b21-15-. The highest BCUT2D eigenvalue weighted by molar-refractivity contribution is 8.18. The lowest BCUT2D eigenvalue weighted by atomic mass is 9.91. The molecule has 2 aliphatic heterocycles. The molecule has 2 aliphatic rings. The maximum absolute atomic E-state index is 11.8. The molecule has 0 radical (unpaired) electrons. The molecule has 1 aromatic carbocycles. The predicted molar refractivity (Wildman–Crippen MR) is 131 cm³/mol. The van der Waals surface area contributed by atoms with Gasteiger partial charge in [0.15, 0.2) is 0 Å². The Hall–Kier alpha value is -2.71. The molecule has 1 N–H and O–H groups in total. The van der Waals surface area contributed by atoms with Gasteiger partial charge in [-0.15, -0.1) is 11.3 Å². The molecule has 2 amide bonds. The van der Waals surface area contributed by atoms with E-state index in [0.717, 1.165) is 50.0 Å². The summed E-state index contributed by atoms with van der Waals surface area (Å²) in [4.78, 5) is 34.7. The monoisotopic (exact) mass is 464 g/mol. The van der Waals surface area contributed by atoms with Crippen LogP contribution in [-0.2, 0) is 11.2 Å². The Bertz CT molecular complexity index is 1180. The van der Waals surface area contributed by atoms with Crippen molar-refractivity contribution in [2.45, 2.75) is 32.1 Å². The van der Waals surface area contributed by atoms with E-state index in [1.165, 1.54) is 28.5 Å². The number of rotatable bonds is 6. The number of hydrogen-bond donors (Lipinski definition) is 1. The van der Waals surface area contributed by atoms with Crippen LogP contribution >= 0.6 is 23.1 Å². The summed E-state index contributed by atoms with van der Waals surface area (Å²) in [5, 5.41) is 5.44. The quantitative estimate of drug-likeness (QED) is 0.502. The molecule has 2 saturated heterocycles. The maximum Gasteiger partial charge on any atom is 0.290 e. The first-order valence-corrected chi connectivity index (χ1v) is 12.6. The molecular weight excluding hydrogens is 440 g/mol. The number of imide groups is 1. The molecule has 8 heteroatoms. The van der Waals surface area contributed by atoms with E-state index in [1.807, 2.05) is 0 Å². The second kappa shape index (κ2) is 9.42. The largest absolute Gasteiger partial charge is 0.341 e. The third kappa shape index (κ3) is 4.86. The lowest BCUT2D eigenvalue weighted by Gasteiger charge is -2.32. The van der Waals surface area contributed by atoms with Crippen molar-refractivity contribution in [3.05, 3.63) is 58.1 Å². The lowest BCUT2D eigenvalue weighted by Crippen LogP contribution is -2.35. The predicted octanol–water partition coefficient (Wildman–Crippen LogP) is 5.25. The Labute approximate surface area is 195 Å². The van der Waals surface area contributed by atoms with Gasteiger partial charge < -0.3 is 4.90 Å². The average molecular weight is 465 g/mol. The Morgan fingerprint density at radius 1 is 1.16 bits per heavy atom. The van der Waals surface area contributed by atoms with Crippen LogP contribution in [0.5, 0.6) is 0 Å². The number of anilines is 1. The van der Waals surface area contributed by atoms with E-state index in [0.29, 0.717) is 16.5 Å². The highest BCUT2D eigenvalue weighted by Gasteiger charge is 2.25. The molecule has 32 heavy (non-hydrogen) atoms. The van der Waals surface area contributed by atoms with Crippen molar-refractivity contribution < 1.29 is 9.59 Å². The minimum Gasteiger partial charge on any atom is -0.341 e. The number of aromatic nitrogens is 2. The molecule has 0 unspecified atom stereocenters. The molecule has 6 nitrogen and oxygen atoms in total. The molecule has 5 rings (SSSR count). The minimum atomic E-state index is -0.365. The van der Waals surface area contributed by atoms with Gasteiger partial charge in [-0.1, -0.05) is 12.1 Å². The highest BCUT2D eigenvalue weighted by atomic mass is 32.2. The van der Waals surface area contributed by atoms with Crippen LogP contribution in [0.25, 0.3) is 16.2 Å². The number of thioether (sulfide) groups is 1. The third-order valence-corrected chi connectivity index (χ3v) is 7.79. The van der Waals surface area contributed by atoms with Crippen molar-refractivity contribution in [3.8, 4) is 0 Å². The first kappa shape index (κ1) is 21.2. The number of fused-ring (bicyclic) bond motifs is 1. The maximum atomic E-state index is 11.8. The smallest absolute Gasteiger partial charge is 0.290 e. The zero-order chi connectivity index (χ0) is 21.9. The molecular formula is C24H24N4O2S2. The second-order valence-electron chi connectivity index (χ2n) is 8.25. The number of piperidine rings is 1. The number of nitrogens with zero attached hydrogens (tertiary/aromatic N) is 3. The molecule has 0 saturated carbocycles. The average Bonchev–Trinajstić information content (AvgIpc) is 3.39.